The molecule has 1 fully saturated rings. The summed E-state index contributed by atoms with van der Waals surface area (Å²) in [6.07, 6.45) is 1.68. The van der Waals surface area contributed by atoms with Crippen molar-refractivity contribution >= 4 is 15.9 Å². The summed E-state index contributed by atoms with van der Waals surface area (Å²) < 4.78 is 32.2. The van der Waals surface area contributed by atoms with E-state index < -0.39 is 16.1 Å². The lowest BCUT2D eigenvalue weighted by atomic mass is 10.0. The number of sulfonamides is 1. The molecule has 1 amide bonds. The molecule has 1 atom stereocenters. The van der Waals surface area contributed by atoms with E-state index >= 15 is 0 Å². The summed E-state index contributed by atoms with van der Waals surface area (Å²) in [7, 11) is -3.60. The van der Waals surface area contributed by atoms with Crippen LogP contribution in [0.5, 0.6) is 0 Å². The molecule has 1 aromatic heterocycles. The molecule has 31 heavy (non-hydrogen) atoms. The van der Waals surface area contributed by atoms with Crippen molar-refractivity contribution in [2.45, 2.75) is 10.9 Å². The van der Waals surface area contributed by atoms with Gasteiger partial charge in [0.25, 0.3) is 5.91 Å². The highest BCUT2D eigenvalue weighted by Crippen LogP contribution is 2.22. The van der Waals surface area contributed by atoms with Crippen LogP contribution in [0.1, 0.15) is 27.7 Å². The van der Waals surface area contributed by atoms with Gasteiger partial charge in [-0.05, 0) is 42.0 Å². The van der Waals surface area contributed by atoms with Crippen molar-refractivity contribution in [3.05, 3.63) is 95.8 Å². The maximum absolute atomic E-state index is 12.9. The number of rotatable bonds is 6. The molecule has 1 aliphatic rings. The molecule has 0 spiro atoms. The number of amides is 1. The quantitative estimate of drug-likeness (QED) is 0.640. The zero-order valence-electron chi connectivity index (χ0n) is 16.8. The standard InChI is InChI=1S/C23H23N3O4S/c27-23(25-22(18-6-2-1-3-7-18)21-8-4-5-13-24-21)19-9-11-20(12-10-19)31(28,29)26-14-16-30-17-15-26/h1-13,22H,14-17H2,(H,25,27). The first-order valence-corrected chi connectivity index (χ1v) is 11.4. The number of carbonyl (C=O) groups is 1. The summed E-state index contributed by atoms with van der Waals surface area (Å²) in [5, 5.41) is 3.01. The average Bonchev–Trinajstić information content (AvgIpc) is 2.84. The second-order valence-electron chi connectivity index (χ2n) is 7.11. The number of ether oxygens (including phenoxy) is 1. The SMILES string of the molecule is O=C(NC(c1ccccc1)c1ccccn1)c1ccc(S(=O)(=O)N2CCOCC2)cc1. The Bertz CT molecular complexity index is 1080. The molecule has 8 heteroatoms. The third kappa shape index (κ3) is 4.82. The lowest BCUT2D eigenvalue weighted by molar-refractivity contribution is 0.0730. The van der Waals surface area contributed by atoms with E-state index in [4.69, 9.17) is 4.74 Å². The van der Waals surface area contributed by atoms with Crippen molar-refractivity contribution in [3.63, 3.8) is 0 Å². The van der Waals surface area contributed by atoms with E-state index in [9.17, 15) is 13.2 Å². The highest BCUT2D eigenvalue weighted by molar-refractivity contribution is 7.89. The topological polar surface area (TPSA) is 88.6 Å². The monoisotopic (exact) mass is 437 g/mol. The molecule has 1 aliphatic heterocycles. The molecule has 2 heterocycles. The van der Waals surface area contributed by atoms with Gasteiger partial charge in [0, 0.05) is 24.8 Å². The van der Waals surface area contributed by atoms with Crippen LogP contribution in [-0.2, 0) is 14.8 Å². The summed E-state index contributed by atoms with van der Waals surface area (Å²) in [6, 6.07) is 20.7. The number of nitrogens with one attached hydrogen (secondary N) is 1. The molecule has 0 aliphatic carbocycles. The average molecular weight is 438 g/mol. The maximum Gasteiger partial charge on any atom is 0.252 e. The van der Waals surface area contributed by atoms with E-state index in [0.29, 0.717) is 37.6 Å². The van der Waals surface area contributed by atoms with Crippen molar-refractivity contribution in [2.24, 2.45) is 0 Å². The molecule has 3 aromatic rings. The van der Waals surface area contributed by atoms with E-state index in [1.54, 1.807) is 6.20 Å². The predicted octanol–water partition coefficient (Wildman–Crippen LogP) is 2.62. The number of benzene rings is 2. The number of morpholine rings is 1. The normalized spacial score (nSPS) is 15.9. The van der Waals surface area contributed by atoms with Crippen LogP contribution in [0.3, 0.4) is 0 Å². The number of carbonyl (C=O) groups excluding carboxylic acids is 1. The van der Waals surface area contributed by atoms with Gasteiger partial charge in [-0.2, -0.15) is 4.31 Å². The van der Waals surface area contributed by atoms with E-state index in [1.807, 2.05) is 48.5 Å². The van der Waals surface area contributed by atoms with Crippen LogP contribution in [-0.4, -0.2) is 49.9 Å². The Hall–Kier alpha value is -3.07. The highest BCUT2D eigenvalue weighted by atomic mass is 32.2. The number of hydrogen-bond donors (Lipinski definition) is 1. The number of aromatic nitrogens is 1. The van der Waals surface area contributed by atoms with Crippen molar-refractivity contribution < 1.29 is 17.9 Å². The van der Waals surface area contributed by atoms with Gasteiger partial charge in [-0.15, -0.1) is 0 Å². The number of pyridine rings is 1. The van der Waals surface area contributed by atoms with Crippen LogP contribution in [0.2, 0.25) is 0 Å². The van der Waals surface area contributed by atoms with Crippen LogP contribution in [0.25, 0.3) is 0 Å². The van der Waals surface area contributed by atoms with Crippen molar-refractivity contribution in [2.75, 3.05) is 26.3 Å². The van der Waals surface area contributed by atoms with E-state index in [2.05, 4.69) is 10.3 Å². The lowest BCUT2D eigenvalue weighted by Gasteiger charge is -2.26. The Morgan fingerprint density at radius 3 is 2.26 bits per heavy atom. The van der Waals surface area contributed by atoms with Crippen LogP contribution in [0, 0.1) is 0 Å². The Kier molecular flexibility index (Phi) is 6.41. The lowest BCUT2D eigenvalue weighted by Crippen LogP contribution is -2.40. The maximum atomic E-state index is 12.9. The van der Waals surface area contributed by atoms with E-state index in [1.165, 1.54) is 28.6 Å². The Balaban J connectivity index is 1.54. The van der Waals surface area contributed by atoms with Crippen molar-refractivity contribution in [1.29, 1.82) is 0 Å². The fourth-order valence-electron chi connectivity index (χ4n) is 3.45. The van der Waals surface area contributed by atoms with Crippen molar-refractivity contribution in [3.8, 4) is 0 Å². The Morgan fingerprint density at radius 1 is 0.935 bits per heavy atom. The minimum atomic E-state index is -3.60. The van der Waals surface area contributed by atoms with Crippen LogP contribution < -0.4 is 5.32 Å². The first kappa shape index (κ1) is 21.2. The Labute approximate surface area is 181 Å². The third-order valence-electron chi connectivity index (χ3n) is 5.12. The molecule has 0 radical (unpaired) electrons. The number of hydrogen-bond acceptors (Lipinski definition) is 5. The molecule has 4 rings (SSSR count). The van der Waals surface area contributed by atoms with Gasteiger partial charge in [0.2, 0.25) is 10.0 Å². The van der Waals surface area contributed by atoms with Gasteiger partial charge in [-0.1, -0.05) is 36.4 Å². The van der Waals surface area contributed by atoms with Crippen LogP contribution >= 0.6 is 0 Å². The second kappa shape index (κ2) is 9.38. The van der Waals surface area contributed by atoms with Crippen LogP contribution in [0.15, 0.2) is 83.9 Å². The summed E-state index contributed by atoms with van der Waals surface area (Å²) in [4.78, 5) is 17.5. The van der Waals surface area contributed by atoms with Gasteiger partial charge in [0.05, 0.1) is 29.8 Å². The Morgan fingerprint density at radius 2 is 1.61 bits per heavy atom. The third-order valence-corrected chi connectivity index (χ3v) is 7.03. The van der Waals surface area contributed by atoms with Gasteiger partial charge in [-0.25, -0.2) is 8.42 Å². The minimum absolute atomic E-state index is 0.162. The molecule has 1 unspecified atom stereocenters. The van der Waals surface area contributed by atoms with Gasteiger partial charge < -0.3 is 10.1 Å². The molecule has 7 nitrogen and oxygen atoms in total. The molecular formula is C23H23N3O4S. The summed E-state index contributed by atoms with van der Waals surface area (Å²) in [5.74, 6) is -0.310. The van der Waals surface area contributed by atoms with E-state index in [0.717, 1.165) is 5.56 Å². The summed E-state index contributed by atoms with van der Waals surface area (Å²) >= 11 is 0. The molecular weight excluding hydrogens is 414 g/mol. The van der Waals surface area contributed by atoms with Gasteiger partial charge in [0.1, 0.15) is 0 Å². The predicted molar refractivity (Wildman–Crippen MR) is 116 cm³/mol. The van der Waals surface area contributed by atoms with Gasteiger partial charge in [0.15, 0.2) is 0 Å². The molecule has 0 saturated carbocycles. The number of nitrogens with zero attached hydrogens (tertiary/aromatic N) is 2. The van der Waals surface area contributed by atoms with Crippen LogP contribution in [0.4, 0.5) is 0 Å². The first-order valence-electron chi connectivity index (χ1n) is 10.0. The first-order chi connectivity index (χ1) is 15.1. The molecule has 0 bridgehead atoms. The highest BCUT2D eigenvalue weighted by Gasteiger charge is 2.26. The fourth-order valence-corrected chi connectivity index (χ4v) is 4.86. The minimum Gasteiger partial charge on any atom is -0.379 e. The van der Waals surface area contributed by atoms with E-state index in [-0.39, 0.29) is 10.8 Å². The van der Waals surface area contributed by atoms with Gasteiger partial charge in [-0.3, -0.25) is 9.78 Å². The van der Waals surface area contributed by atoms with Crippen molar-refractivity contribution in [1.82, 2.24) is 14.6 Å². The molecule has 1 N–H and O–H groups in total. The fraction of sp³-hybridized carbons (Fsp3) is 0.217. The summed E-state index contributed by atoms with van der Waals surface area (Å²) in [6.45, 7) is 1.42. The zero-order valence-corrected chi connectivity index (χ0v) is 17.7. The molecule has 2 aromatic carbocycles. The molecule has 1 saturated heterocycles. The molecule has 160 valence electrons. The largest absolute Gasteiger partial charge is 0.379 e. The smallest absolute Gasteiger partial charge is 0.252 e. The summed E-state index contributed by atoms with van der Waals surface area (Å²) in [5.41, 5.74) is 1.99. The second-order valence-corrected chi connectivity index (χ2v) is 9.05. The van der Waals surface area contributed by atoms with Gasteiger partial charge >= 0.3 is 0 Å². The zero-order chi connectivity index (χ0) is 21.7.